The molecule has 0 aromatic rings. The molecular formula is C14H29ClOSi. The van der Waals surface area contributed by atoms with Gasteiger partial charge in [0.2, 0.25) is 0 Å². The van der Waals surface area contributed by atoms with Crippen LogP contribution in [0.3, 0.4) is 0 Å². The Morgan fingerprint density at radius 2 is 1.35 bits per heavy atom. The zero-order valence-corrected chi connectivity index (χ0v) is 14.1. The second-order valence-corrected chi connectivity index (χ2v) is 12.2. The third kappa shape index (κ3) is 3.82. The lowest BCUT2D eigenvalue weighted by Crippen LogP contribution is -2.52. The molecule has 0 aromatic carbocycles. The number of hydrogen-bond acceptors (Lipinski definition) is 1. The minimum absolute atomic E-state index is 0.533. The van der Waals surface area contributed by atoms with Crippen LogP contribution < -0.4 is 0 Å². The first-order chi connectivity index (χ1) is 7.81. The Labute approximate surface area is 113 Å². The van der Waals surface area contributed by atoms with Gasteiger partial charge in [-0.25, -0.2) is 0 Å². The lowest BCUT2D eigenvalue weighted by Gasteiger charge is -2.41. The summed E-state index contributed by atoms with van der Waals surface area (Å²) >= 11 is 5.69. The van der Waals surface area contributed by atoms with Crippen LogP contribution in [-0.4, -0.2) is 19.4 Å². The molecule has 0 aliphatic heterocycles. The number of rotatable bonds is 8. The van der Waals surface area contributed by atoms with Crippen molar-refractivity contribution in [2.45, 2.75) is 77.4 Å². The monoisotopic (exact) mass is 276 g/mol. The van der Waals surface area contributed by atoms with Gasteiger partial charge in [-0.2, -0.15) is 0 Å². The smallest absolute Gasteiger partial charge is 0.140 e. The number of hydrogen-bond donors (Lipinski definition) is 0. The van der Waals surface area contributed by atoms with Crippen LogP contribution in [0.5, 0.6) is 0 Å². The predicted molar refractivity (Wildman–Crippen MR) is 80.6 cm³/mol. The summed E-state index contributed by atoms with van der Waals surface area (Å²) in [6.07, 6.45) is 2.67. The van der Waals surface area contributed by atoms with Gasteiger partial charge in [0, 0.05) is 12.3 Å². The van der Waals surface area contributed by atoms with Gasteiger partial charge in [0.05, 0.1) is 0 Å². The van der Waals surface area contributed by atoms with Crippen LogP contribution >= 0.6 is 11.6 Å². The zero-order valence-electron chi connectivity index (χ0n) is 12.3. The lowest BCUT2D eigenvalue weighted by molar-refractivity contribution is -0.113. The fourth-order valence-electron chi connectivity index (χ4n) is 3.56. The number of carbonyl (C=O) groups excluding carboxylic acids is 1. The second kappa shape index (κ2) is 7.58. The molecule has 0 aliphatic carbocycles. The van der Waals surface area contributed by atoms with E-state index in [0.717, 1.165) is 19.3 Å². The Kier molecular flexibility index (Phi) is 7.66. The zero-order chi connectivity index (χ0) is 13.6. The molecule has 0 saturated heterocycles. The average molecular weight is 277 g/mol. The van der Waals surface area contributed by atoms with E-state index in [4.69, 9.17) is 11.6 Å². The predicted octanol–water partition coefficient (Wildman–Crippen LogP) is 5.18. The molecule has 0 saturated carbocycles. The molecule has 0 amide bonds. The van der Waals surface area contributed by atoms with E-state index in [0.29, 0.717) is 27.9 Å². The van der Waals surface area contributed by atoms with E-state index >= 15 is 0 Å². The van der Waals surface area contributed by atoms with Gasteiger partial charge in [-0.1, -0.05) is 41.5 Å². The molecule has 102 valence electrons. The van der Waals surface area contributed by atoms with E-state index in [1.165, 1.54) is 0 Å². The first kappa shape index (κ1) is 17.2. The minimum atomic E-state index is -1.86. The van der Waals surface area contributed by atoms with E-state index < -0.39 is 8.07 Å². The second-order valence-electron chi connectivity index (χ2n) is 5.97. The molecule has 0 fully saturated rings. The molecule has 0 spiro atoms. The van der Waals surface area contributed by atoms with Crippen molar-refractivity contribution in [1.29, 1.82) is 0 Å². The van der Waals surface area contributed by atoms with E-state index in [9.17, 15) is 4.79 Å². The molecule has 3 heteroatoms. The number of unbranched alkanes of at least 4 members (excludes halogenated alkanes) is 1. The van der Waals surface area contributed by atoms with Crippen molar-refractivity contribution in [2.24, 2.45) is 0 Å². The molecule has 0 atom stereocenters. The van der Waals surface area contributed by atoms with Gasteiger partial charge in [0.25, 0.3) is 0 Å². The van der Waals surface area contributed by atoms with Gasteiger partial charge in [-0.05, 0) is 29.5 Å². The Morgan fingerprint density at radius 1 is 0.941 bits per heavy atom. The summed E-state index contributed by atoms with van der Waals surface area (Å²) in [7, 11) is -1.86. The van der Waals surface area contributed by atoms with Gasteiger partial charge in [0.1, 0.15) is 13.5 Å². The third-order valence-corrected chi connectivity index (χ3v) is 11.4. The highest BCUT2D eigenvalue weighted by Gasteiger charge is 2.48. The summed E-state index contributed by atoms with van der Waals surface area (Å²) in [5.74, 6) is 0.673. The van der Waals surface area contributed by atoms with Crippen molar-refractivity contribution in [3.05, 3.63) is 0 Å². The van der Waals surface area contributed by atoms with Crippen molar-refractivity contribution in [2.75, 3.05) is 5.88 Å². The molecule has 0 bridgehead atoms. The topological polar surface area (TPSA) is 17.1 Å². The van der Waals surface area contributed by atoms with Crippen molar-refractivity contribution < 1.29 is 4.79 Å². The van der Waals surface area contributed by atoms with Gasteiger partial charge >= 0.3 is 0 Å². The highest BCUT2D eigenvalue weighted by atomic mass is 35.5. The lowest BCUT2D eigenvalue weighted by atomic mass is 10.3. The van der Waals surface area contributed by atoms with E-state index in [2.05, 4.69) is 41.5 Å². The van der Waals surface area contributed by atoms with Gasteiger partial charge in [-0.3, -0.25) is 0 Å². The van der Waals surface area contributed by atoms with Crippen LogP contribution in [0, 0.1) is 0 Å². The summed E-state index contributed by atoms with van der Waals surface area (Å²) < 4.78 is 0. The standard InChI is InChI=1S/C14H29ClOSi/c1-11(2)17(12(3)4,13(5)6)14(16)9-7-8-10-15/h11-13H,7-10H2,1-6H3. The largest absolute Gasteiger partial charge is 0.305 e. The maximum absolute atomic E-state index is 12.7. The highest BCUT2D eigenvalue weighted by molar-refractivity contribution is 7.08. The van der Waals surface area contributed by atoms with Crippen LogP contribution in [0.15, 0.2) is 0 Å². The van der Waals surface area contributed by atoms with E-state index in [-0.39, 0.29) is 0 Å². The summed E-state index contributed by atoms with van der Waals surface area (Å²) in [5.41, 5.74) is 1.60. The molecular weight excluding hydrogens is 248 g/mol. The van der Waals surface area contributed by atoms with Crippen molar-refractivity contribution in [1.82, 2.24) is 0 Å². The molecule has 0 aliphatic rings. The fraction of sp³-hybridized carbons (Fsp3) is 0.929. The fourth-order valence-corrected chi connectivity index (χ4v) is 10.3. The summed E-state index contributed by atoms with van der Waals surface area (Å²) in [5, 5.41) is 0.572. The van der Waals surface area contributed by atoms with Crippen LogP contribution in [0.1, 0.15) is 60.8 Å². The molecule has 0 N–H and O–H groups in total. The quantitative estimate of drug-likeness (QED) is 0.339. The summed E-state index contributed by atoms with van der Waals surface area (Å²) in [6.45, 7) is 13.5. The minimum Gasteiger partial charge on any atom is -0.305 e. The number of halogens is 1. The molecule has 1 nitrogen and oxygen atoms in total. The van der Waals surface area contributed by atoms with Crippen molar-refractivity contribution in [3.63, 3.8) is 0 Å². The normalized spacial score (nSPS) is 12.8. The maximum atomic E-state index is 12.7. The number of carbonyl (C=O) groups is 1. The maximum Gasteiger partial charge on any atom is 0.140 e. The van der Waals surface area contributed by atoms with Crippen LogP contribution in [0.4, 0.5) is 0 Å². The van der Waals surface area contributed by atoms with Crippen LogP contribution in [0.2, 0.25) is 16.6 Å². The molecule has 0 aromatic heterocycles. The average Bonchev–Trinajstić information content (AvgIpc) is 2.16. The van der Waals surface area contributed by atoms with Gasteiger partial charge in [0.15, 0.2) is 0 Å². The molecule has 0 heterocycles. The Balaban J connectivity index is 4.96. The highest BCUT2D eigenvalue weighted by Crippen LogP contribution is 2.42. The first-order valence-corrected chi connectivity index (χ1v) is 9.67. The Hall–Kier alpha value is 0.177. The van der Waals surface area contributed by atoms with Crippen molar-refractivity contribution in [3.8, 4) is 0 Å². The van der Waals surface area contributed by atoms with Gasteiger partial charge in [-0.15, -0.1) is 11.6 Å². The van der Waals surface area contributed by atoms with Crippen molar-refractivity contribution >= 4 is 25.1 Å². The van der Waals surface area contributed by atoms with Crippen LogP contribution in [-0.2, 0) is 4.79 Å². The Morgan fingerprint density at radius 3 is 1.65 bits per heavy atom. The SMILES string of the molecule is CC(C)[Si](C(=O)CCCCCl)(C(C)C)C(C)C. The van der Waals surface area contributed by atoms with Gasteiger partial charge < -0.3 is 4.79 Å². The number of alkyl halides is 1. The first-order valence-electron chi connectivity index (χ1n) is 6.91. The van der Waals surface area contributed by atoms with Crippen LogP contribution in [0.25, 0.3) is 0 Å². The third-order valence-electron chi connectivity index (χ3n) is 4.14. The summed E-state index contributed by atoms with van der Waals surface area (Å²) in [4.78, 5) is 12.7. The molecule has 0 rings (SSSR count). The molecule has 17 heavy (non-hydrogen) atoms. The Bertz CT molecular complexity index is 215. The summed E-state index contributed by atoms with van der Waals surface area (Å²) in [6, 6.07) is 0. The van der Waals surface area contributed by atoms with E-state index in [1.807, 2.05) is 0 Å². The molecule has 0 radical (unpaired) electrons. The molecule has 0 unspecified atom stereocenters. The van der Waals surface area contributed by atoms with E-state index in [1.54, 1.807) is 0 Å².